The topological polar surface area (TPSA) is 84.5 Å². The zero-order chi connectivity index (χ0) is 20.1. The van der Waals surface area contributed by atoms with Gasteiger partial charge in [-0.25, -0.2) is 4.39 Å². The Morgan fingerprint density at radius 1 is 1.14 bits per heavy atom. The molecule has 7 heteroatoms. The van der Waals surface area contributed by atoms with Crippen LogP contribution in [0.1, 0.15) is 34.7 Å². The molecule has 2 aromatic rings. The van der Waals surface area contributed by atoms with Crippen molar-refractivity contribution >= 4 is 23.5 Å². The van der Waals surface area contributed by atoms with E-state index in [9.17, 15) is 18.8 Å². The summed E-state index contributed by atoms with van der Waals surface area (Å²) in [4.78, 5) is 35.4. The molecular formula is C21H21FN2O4. The van der Waals surface area contributed by atoms with Gasteiger partial charge in [-0.1, -0.05) is 12.1 Å². The van der Waals surface area contributed by atoms with Gasteiger partial charge in [-0.05, 0) is 54.3 Å². The second-order valence-corrected chi connectivity index (χ2v) is 6.65. The molecule has 6 nitrogen and oxygen atoms in total. The van der Waals surface area contributed by atoms with Crippen molar-refractivity contribution in [2.45, 2.75) is 18.8 Å². The summed E-state index contributed by atoms with van der Waals surface area (Å²) >= 11 is 0. The number of nitrogens with one attached hydrogen (secondary N) is 2. The number of halogens is 1. The fraction of sp³-hybridized carbons (Fsp3) is 0.286. The number of hydrogen-bond donors (Lipinski definition) is 2. The maximum Gasteiger partial charge on any atom is 0.307 e. The predicted octanol–water partition coefficient (Wildman–Crippen LogP) is 2.86. The molecule has 0 aliphatic heterocycles. The number of amides is 2. The monoisotopic (exact) mass is 384 g/mol. The van der Waals surface area contributed by atoms with E-state index < -0.39 is 5.97 Å². The molecule has 1 fully saturated rings. The van der Waals surface area contributed by atoms with Crippen molar-refractivity contribution in [1.82, 2.24) is 5.32 Å². The molecule has 0 saturated heterocycles. The SMILES string of the molecule is COC(=O)CCNC(=O)c1ccc(NC(=O)C2CC2c2cccc(F)c2)cc1. The van der Waals surface area contributed by atoms with Gasteiger partial charge in [0.2, 0.25) is 5.91 Å². The van der Waals surface area contributed by atoms with Crippen LogP contribution in [0.4, 0.5) is 10.1 Å². The maximum absolute atomic E-state index is 13.3. The van der Waals surface area contributed by atoms with E-state index in [1.54, 1.807) is 30.3 Å². The highest BCUT2D eigenvalue weighted by atomic mass is 19.1. The maximum atomic E-state index is 13.3. The predicted molar refractivity (Wildman–Crippen MR) is 101 cm³/mol. The fourth-order valence-corrected chi connectivity index (χ4v) is 3.01. The van der Waals surface area contributed by atoms with Crippen LogP contribution < -0.4 is 10.6 Å². The number of hydrogen-bond acceptors (Lipinski definition) is 4. The van der Waals surface area contributed by atoms with Gasteiger partial charge in [0, 0.05) is 23.7 Å². The molecular weight excluding hydrogens is 363 g/mol. The van der Waals surface area contributed by atoms with Crippen molar-refractivity contribution in [2.24, 2.45) is 5.92 Å². The number of esters is 1. The van der Waals surface area contributed by atoms with Gasteiger partial charge in [0.05, 0.1) is 13.5 Å². The Kier molecular flexibility index (Phi) is 6.03. The third-order valence-corrected chi connectivity index (χ3v) is 4.66. The van der Waals surface area contributed by atoms with Crippen LogP contribution in [0.2, 0.25) is 0 Å². The summed E-state index contributed by atoms with van der Waals surface area (Å²) in [5.41, 5.74) is 1.84. The zero-order valence-corrected chi connectivity index (χ0v) is 15.4. The van der Waals surface area contributed by atoms with Crippen molar-refractivity contribution in [1.29, 1.82) is 0 Å². The van der Waals surface area contributed by atoms with Crippen LogP contribution in [-0.4, -0.2) is 31.4 Å². The molecule has 2 N–H and O–H groups in total. The molecule has 2 unspecified atom stereocenters. The van der Waals surface area contributed by atoms with E-state index in [4.69, 9.17) is 0 Å². The number of rotatable bonds is 7. The van der Waals surface area contributed by atoms with Crippen molar-refractivity contribution in [3.63, 3.8) is 0 Å². The van der Waals surface area contributed by atoms with Crippen LogP contribution in [0.15, 0.2) is 48.5 Å². The molecule has 0 spiro atoms. The molecule has 0 heterocycles. The van der Waals surface area contributed by atoms with Gasteiger partial charge >= 0.3 is 5.97 Å². The Hall–Kier alpha value is -3.22. The third-order valence-electron chi connectivity index (χ3n) is 4.66. The number of anilines is 1. The lowest BCUT2D eigenvalue weighted by atomic mass is 10.1. The van der Waals surface area contributed by atoms with E-state index in [1.165, 1.54) is 19.2 Å². The quantitative estimate of drug-likeness (QED) is 0.719. The summed E-state index contributed by atoms with van der Waals surface area (Å²) in [6, 6.07) is 12.8. The molecule has 1 aliphatic carbocycles. The van der Waals surface area contributed by atoms with Crippen molar-refractivity contribution in [3.8, 4) is 0 Å². The minimum absolute atomic E-state index is 0.0376. The van der Waals surface area contributed by atoms with E-state index in [1.807, 2.05) is 6.07 Å². The molecule has 2 atom stereocenters. The standard InChI is InChI=1S/C21H21FN2O4/c1-28-19(25)9-10-23-20(26)13-5-7-16(8-6-13)24-21(27)18-12-17(18)14-3-2-4-15(22)11-14/h2-8,11,17-18H,9-10,12H2,1H3,(H,23,26)(H,24,27). The van der Waals surface area contributed by atoms with Gasteiger partial charge in [0.15, 0.2) is 0 Å². The first kappa shape index (κ1) is 19.5. The first-order valence-electron chi connectivity index (χ1n) is 8.99. The highest BCUT2D eigenvalue weighted by Crippen LogP contribution is 2.48. The molecule has 0 radical (unpaired) electrons. The molecule has 0 bridgehead atoms. The molecule has 0 aromatic heterocycles. The van der Waals surface area contributed by atoms with Crippen LogP contribution in [0.5, 0.6) is 0 Å². The number of carbonyl (C=O) groups is 3. The van der Waals surface area contributed by atoms with Gasteiger partial charge in [-0.15, -0.1) is 0 Å². The highest BCUT2D eigenvalue weighted by Gasteiger charge is 2.44. The number of benzene rings is 2. The first-order chi connectivity index (χ1) is 13.5. The third kappa shape index (κ3) is 4.94. The summed E-state index contributed by atoms with van der Waals surface area (Å²) in [5.74, 6) is -1.27. The normalized spacial score (nSPS) is 17.5. The van der Waals surface area contributed by atoms with Gasteiger partial charge in [0.25, 0.3) is 5.91 Å². The van der Waals surface area contributed by atoms with E-state index in [2.05, 4.69) is 15.4 Å². The fourth-order valence-electron chi connectivity index (χ4n) is 3.01. The molecule has 146 valence electrons. The van der Waals surface area contributed by atoms with Gasteiger partial charge in [0.1, 0.15) is 5.82 Å². The van der Waals surface area contributed by atoms with Crippen molar-refractivity contribution < 1.29 is 23.5 Å². The minimum atomic E-state index is -0.394. The Balaban J connectivity index is 1.50. The van der Waals surface area contributed by atoms with Crippen LogP contribution in [0.25, 0.3) is 0 Å². The Morgan fingerprint density at radius 2 is 1.89 bits per heavy atom. The second kappa shape index (κ2) is 8.65. The van der Waals surface area contributed by atoms with Crippen LogP contribution >= 0.6 is 0 Å². The van der Waals surface area contributed by atoms with Crippen molar-refractivity contribution in [2.75, 3.05) is 19.0 Å². The lowest BCUT2D eigenvalue weighted by molar-refractivity contribution is -0.140. The summed E-state index contributed by atoms with van der Waals surface area (Å²) in [6.07, 6.45) is 0.792. The van der Waals surface area contributed by atoms with Crippen LogP contribution in [0, 0.1) is 11.7 Å². The lowest BCUT2D eigenvalue weighted by Crippen LogP contribution is -2.26. The smallest absolute Gasteiger partial charge is 0.307 e. The van der Waals surface area contributed by atoms with E-state index in [0.29, 0.717) is 17.7 Å². The average molecular weight is 384 g/mol. The minimum Gasteiger partial charge on any atom is -0.469 e. The summed E-state index contributed by atoms with van der Waals surface area (Å²) in [5, 5.41) is 5.45. The highest BCUT2D eigenvalue weighted by molar-refractivity contribution is 5.97. The molecule has 2 amide bonds. The Morgan fingerprint density at radius 3 is 2.57 bits per heavy atom. The average Bonchev–Trinajstić information content (AvgIpc) is 3.49. The first-order valence-corrected chi connectivity index (χ1v) is 8.99. The molecule has 1 aliphatic rings. The van der Waals surface area contributed by atoms with Gasteiger partial charge in [-0.2, -0.15) is 0 Å². The number of ether oxygens (including phenoxy) is 1. The van der Waals surface area contributed by atoms with E-state index in [0.717, 1.165) is 5.56 Å². The number of methoxy groups -OCH3 is 1. The Labute approximate surface area is 162 Å². The van der Waals surface area contributed by atoms with Crippen LogP contribution in [0.3, 0.4) is 0 Å². The number of carbonyl (C=O) groups excluding carboxylic acids is 3. The van der Waals surface area contributed by atoms with E-state index in [-0.39, 0.29) is 42.4 Å². The van der Waals surface area contributed by atoms with Gasteiger partial charge < -0.3 is 15.4 Å². The molecule has 2 aromatic carbocycles. The molecule has 28 heavy (non-hydrogen) atoms. The second-order valence-electron chi connectivity index (χ2n) is 6.65. The lowest BCUT2D eigenvalue weighted by Gasteiger charge is -2.07. The van der Waals surface area contributed by atoms with Crippen LogP contribution in [-0.2, 0) is 14.3 Å². The largest absolute Gasteiger partial charge is 0.469 e. The Bertz CT molecular complexity index is 882. The summed E-state index contributed by atoms with van der Waals surface area (Å²) < 4.78 is 17.8. The van der Waals surface area contributed by atoms with E-state index >= 15 is 0 Å². The van der Waals surface area contributed by atoms with Crippen molar-refractivity contribution in [3.05, 3.63) is 65.5 Å². The van der Waals surface area contributed by atoms with Gasteiger partial charge in [-0.3, -0.25) is 14.4 Å². The molecule has 1 saturated carbocycles. The summed E-state index contributed by atoms with van der Waals surface area (Å²) in [6.45, 7) is 0.188. The summed E-state index contributed by atoms with van der Waals surface area (Å²) in [7, 11) is 1.29. The zero-order valence-electron chi connectivity index (χ0n) is 15.4. The molecule has 3 rings (SSSR count).